The number of fused-ring (bicyclic) bond motifs is 3. The van der Waals surface area contributed by atoms with Gasteiger partial charge in [0.1, 0.15) is 5.82 Å². The highest BCUT2D eigenvalue weighted by atomic mass is 32.2. The van der Waals surface area contributed by atoms with Crippen molar-refractivity contribution in [1.29, 1.82) is 0 Å². The van der Waals surface area contributed by atoms with Crippen LogP contribution in [0.4, 0.5) is 11.5 Å². The molecular formula is C26H24N6O2S. The van der Waals surface area contributed by atoms with E-state index in [1.165, 1.54) is 15.8 Å². The Morgan fingerprint density at radius 3 is 2.20 bits per heavy atom. The number of hydrogen-bond donors (Lipinski definition) is 0. The summed E-state index contributed by atoms with van der Waals surface area (Å²) in [6, 6.07) is 24.5. The third-order valence-corrected chi connectivity index (χ3v) is 8.21. The number of aromatic nitrogens is 4. The number of benzene rings is 3. The van der Waals surface area contributed by atoms with Crippen molar-refractivity contribution in [2.45, 2.75) is 16.8 Å². The molecule has 0 saturated carbocycles. The van der Waals surface area contributed by atoms with Crippen LogP contribution in [-0.2, 0) is 9.84 Å². The Morgan fingerprint density at radius 1 is 0.771 bits per heavy atom. The molecule has 0 N–H and O–H groups in total. The van der Waals surface area contributed by atoms with Crippen molar-refractivity contribution in [3.8, 4) is 0 Å². The van der Waals surface area contributed by atoms with E-state index in [1.54, 1.807) is 30.3 Å². The van der Waals surface area contributed by atoms with Gasteiger partial charge in [-0.15, -0.1) is 5.10 Å². The third-order valence-electron chi connectivity index (χ3n) is 6.55. The van der Waals surface area contributed by atoms with Crippen molar-refractivity contribution in [2.24, 2.45) is 0 Å². The molecule has 0 bridgehead atoms. The van der Waals surface area contributed by atoms with E-state index in [4.69, 9.17) is 4.98 Å². The minimum Gasteiger partial charge on any atom is -0.368 e. The molecule has 1 fully saturated rings. The number of para-hydroxylation sites is 2. The van der Waals surface area contributed by atoms with Gasteiger partial charge in [0.05, 0.1) is 10.4 Å². The van der Waals surface area contributed by atoms with Crippen LogP contribution in [0.5, 0.6) is 0 Å². The summed E-state index contributed by atoms with van der Waals surface area (Å²) in [5.74, 6) is 0.754. The second-order valence-electron chi connectivity index (χ2n) is 8.66. The second-order valence-corrected chi connectivity index (χ2v) is 10.5. The van der Waals surface area contributed by atoms with Crippen LogP contribution >= 0.6 is 0 Å². The molecule has 0 aliphatic carbocycles. The van der Waals surface area contributed by atoms with Gasteiger partial charge in [-0.1, -0.05) is 53.7 Å². The van der Waals surface area contributed by atoms with Crippen molar-refractivity contribution in [2.75, 3.05) is 36.0 Å². The zero-order chi connectivity index (χ0) is 24.0. The Hall–Kier alpha value is -3.98. The highest BCUT2D eigenvalue weighted by Gasteiger charge is 2.28. The quantitative estimate of drug-likeness (QED) is 0.384. The van der Waals surface area contributed by atoms with E-state index >= 15 is 0 Å². The van der Waals surface area contributed by atoms with Crippen LogP contribution in [-0.4, -0.2) is 54.4 Å². The zero-order valence-corrected chi connectivity index (χ0v) is 20.1. The lowest BCUT2D eigenvalue weighted by Gasteiger charge is -2.37. The summed E-state index contributed by atoms with van der Waals surface area (Å²) in [7, 11) is -3.87. The largest absolute Gasteiger partial charge is 0.368 e. The van der Waals surface area contributed by atoms with Crippen LogP contribution < -0.4 is 9.80 Å². The normalized spacial score (nSPS) is 14.7. The van der Waals surface area contributed by atoms with Gasteiger partial charge in [-0.25, -0.2) is 13.4 Å². The highest BCUT2D eigenvalue weighted by molar-refractivity contribution is 7.91. The highest BCUT2D eigenvalue weighted by Crippen LogP contribution is 2.31. The molecule has 5 aromatic rings. The Balaban J connectivity index is 1.43. The number of anilines is 2. The Labute approximate surface area is 203 Å². The maximum Gasteiger partial charge on any atom is 0.229 e. The van der Waals surface area contributed by atoms with Crippen molar-refractivity contribution in [1.82, 2.24) is 19.8 Å². The van der Waals surface area contributed by atoms with Gasteiger partial charge < -0.3 is 9.80 Å². The molecule has 3 heterocycles. The minimum absolute atomic E-state index is 0.130. The van der Waals surface area contributed by atoms with E-state index in [1.807, 2.05) is 24.3 Å². The maximum absolute atomic E-state index is 13.4. The second kappa shape index (κ2) is 8.35. The third kappa shape index (κ3) is 3.59. The molecule has 0 amide bonds. The minimum atomic E-state index is -3.87. The van der Waals surface area contributed by atoms with E-state index in [2.05, 4.69) is 51.3 Å². The molecule has 9 heteroatoms. The fraction of sp³-hybridized carbons (Fsp3) is 0.192. The molecule has 0 atom stereocenters. The number of sulfone groups is 1. The summed E-state index contributed by atoms with van der Waals surface area (Å²) >= 11 is 0. The number of rotatable bonds is 4. The molecule has 176 valence electrons. The number of nitrogens with zero attached hydrogens (tertiary/aromatic N) is 6. The molecular weight excluding hydrogens is 460 g/mol. The first kappa shape index (κ1) is 21.5. The van der Waals surface area contributed by atoms with Crippen molar-refractivity contribution >= 4 is 37.9 Å². The standard InChI is InChI=1S/C26H24N6O2S/c1-19-9-5-7-13-22(19)30-15-17-31(18-16-30)24-21-12-6-8-14-23(21)32-25(27-24)26(28-29-32)35(33,34)20-10-3-2-4-11-20/h2-14H,15-18H2,1H3. The van der Waals surface area contributed by atoms with Gasteiger partial charge in [-0.2, -0.15) is 4.52 Å². The molecule has 6 rings (SSSR count). The summed E-state index contributed by atoms with van der Waals surface area (Å²) in [6.07, 6.45) is 0. The van der Waals surface area contributed by atoms with Crippen molar-refractivity contribution in [3.05, 3.63) is 84.4 Å². The van der Waals surface area contributed by atoms with Crippen molar-refractivity contribution in [3.63, 3.8) is 0 Å². The molecule has 2 aromatic heterocycles. The maximum atomic E-state index is 13.4. The van der Waals surface area contributed by atoms with Crippen LogP contribution in [0, 0.1) is 6.92 Å². The van der Waals surface area contributed by atoms with E-state index < -0.39 is 9.84 Å². The summed E-state index contributed by atoms with van der Waals surface area (Å²) in [4.78, 5) is 9.64. The first-order chi connectivity index (χ1) is 17.0. The monoisotopic (exact) mass is 484 g/mol. The fourth-order valence-corrected chi connectivity index (χ4v) is 5.99. The zero-order valence-electron chi connectivity index (χ0n) is 19.2. The fourth-order valence-electron chi connectivity index (χ4n) is 4.73. The van der Waals surface area contributed by atoms with Crippen LogP contribution in [0.15, 0.2) is 88.8 Å². The number of aryl methyl sites for hydroxylation is 1. The average Bonchev–Trinajstić information content (AvgIpc) is 3.34. The number of piperazine rings is 1. The van der Waals surface area contributed by atoms with Gasteiger partial charge in [-0.3, -0.25) is 0 Å². The summed E-state index contributed by atoms with van der Waals surface area (Å²) < 4.78 is 28.3. The van der Waals surface area contributed by atoms with Crippen molar-refractivity contribution < 1.29 is 8.42 Å². The van der Waals surface area contributed by atoms with Crippen LogP contribution in [0.2, 0.25) is 0 Å². The molecule has 0 radical (unpaired) electrons. The lowest BCUT2D eigenvalue weighted by molar-refractivity contribution is 0.592. The summed E-state index contributed by atoms with van der Waals surface area (Å²) in [5.41, 5.74) is 3.52. The smallest absolute Gasteiger partial charge is 0.229 e. The van der Waals surface area contributed by atoms with E-state index in [-0.39, 0.29) is 15.6 Å². The molecule has 8 nitrogen and oxygen atoms in total. The topological polar surface area (TPSA) is 83.7 Å². The number of hydrogen-bond acceptors (Lipinski definition) is 7. The first-order valence-electron chi connectivity index (χ1n) is 11.5. The first-order valence-corrected chi connectivity index (χ1v) is 13.0. The van der Waals surface area contributed by atoms with Gasteiger partial charge in [0.2, 0.25) is 14.9 Å². The molecule has 0 unspecified atom stereocenters. The Bertz CT molecular complexity index is 1640. The molecule has 1 aliphatic rings. The Kier molecular flexibility index (Phi) is 5.14. The van der Waals surface area contributed by atoms with Gasteiger partial charge in [0.25, 0.3) is 0 Å². The predicted molar refractivity (Wildman–Crippen MR) is 136 cm³/mol. The summed E-state index contributed by atoms with van der Waals surface area (Å²) in [5, 5.41) is 9.05. The molecule has 1 aliphatic heterocycles. The van der Waals surface area contributed by atoms with Crippen LogP contribution in [0.1, 0.15) is 5.56 Å². The van der Waals surface area contributed by atoms with E-state index in [0.717, 1.165) is 42.9 Å². The van der Waals surface area contributed by atoms with E-state index in [0.29, 0.717) is 0 Å². The Morgan fingerprint density at radius 2 is 1.43 bits per heavy atom. The average molecular weight is 485 g/mol. The van der Waals surface area contributed by atoms with Gasteiger partial charge >= 0.3 is 0 Å². The van der Waals surface area contributed by atoms with Gasteiger partial charge in [-0.05, 0) is 42.8 Å². The molecule has 0 spiro atoms. The van der Waals surface area contributed by atoms with Gasteiger partial charge in [0, 0.05) is 37.3 Å². The van der Waals surface area contributed by atoms with Gasteiger partial charge in [0.15, 0.2) is 5.65 Å². The summed E-state index contributed by atoms with van der Waals surface area (Å²) in [6.45, 7) is 5.36. The molecule has 1 saturated heterocycles. The van der Waals surface area contributed by atoms with Crippen LogP contribution in [0.3, 0.4) is 0 Å². The SMILES string of the molecule is Cc1ccccc1N1CCN(c2nc3c(S(=O)(=O)c4ccccc4)nnn3c3ccccc23)CC1. The molecule has 35 heavy (non-hydrogen) atoms. The van der Waals surface area contributed by atoms with Crippen LogP contribution in [0.25, 0.3) is 16.6 Å². The lowest BCUT2D eigenvalue weighted by Crippen LogP contribution is -2.47. The lowest BCUT2D eigenvalue weighted by atomic mass is 10.1. The predicted octanol–water partition coefficient (Wildman–Crippen LogP) is 3.75. The molecule has 3 aromatic carbocycles. The van der Waals surface area contributed by atoms with E-state index in [9.17, 15) is 8.42 Å².